The number of ketones is 1. The summed E-state index contributed by atoms with van der Waals surface area (Å²) in [6.45, 7) is 0.455. The van der Waals surface area contributed by atoms with Crippen molar-refractivity contribution in [1.29, 1.82) is 0 Å². The first-order valence-corrected chi connectivity index (χ1v) is 10.9. The number of para-hydroxylation sites is 2. The lowest BCUT2D eigenvalue weighted by atomic mass is 9.87. The summed E-state index contributed by atoms with van der Waals surface area (Å²) >= 11 is 0. The van der Waals surface area contributed by atoms with Gasteiger partial charge in [0.05, 0.1) is 5.92 Å². The topological polar surface area (TPSA) is 72.2 Å². The van der Waals surface area contributed by atoms with Gasteiger partial charge in [0.25, 0.3) is 5.89 Å². The second kappa shape index (κ2) is 9.70. The molecule has 4 rings (SSSR count). The molecule has 1 aliphatic rings. The fourth-order valence-corrected chi connectivity index (χ4v) is 4.34. The summed E-state index contributed by atoms with van der Waals surface area (Å²) in [5, 5.41) is 3.02. The normalized spacial score (nSPS) is 15.7. The van der Waals surface area contributed by atoms with Gasteiger partial charge in [0.1, 0.15) is 5.52 Å². The third kappa shape index (κ3) is 4.96. The Morgan fingerprint density at radius 2 is 1.73 bits per heavy atom. The van der Waals surface area contributed by atoms with Crippen molar-refractivity contribution >= 4 is 22.8 Å². The van der Waals surface area contributed by atoms with Gasteiger partial charge in [0.15, 0.2) is 5.58 Å². The molecule has 5 nitrogen and oxygen atoms in total. The van der Waals surface area contributed by atoms with Crippen LogP contribution >= 0.6 is 0 Å². The van der Waals surface area contributed by atoms with Gasteiger partial charge >= 0.3 is 0 Å². The number of fused-ring (bicyclic) bond motifs is 1. The number of hydrogen-bond donors (Lipinski definition) is 1. The number of nitrogens with zero attached hydrogens (tertiary/aromatic N) is 1. The zero-order valence-electron chi connectivity index (χ0n) is 17.2. The zero-order valence-corrected chi connectivity index (χ0v) is 17.2. The van der Waals surface area contributed by atoms with E-state index >= 15 is 0 Å². The van der Waals surface area contributed by atoms with Crippen LogP contribution in [-0.2, 0) is 4.79 Å². The van der Waals surface area contributed by atoms with Crippen molar-refractivity contribution < 1.29 is 14.0 Å². The number of hydrogen-bond acceptors (Lipinski definition) is 4. The lowest BCUT2D eigenvalue weighted by Crippen LogP contribution is -2.29. The maximum absolute atomic E-state index is 13.2. The van der Waals surface area contributed by atoms with Gasteiger partial charge in [-0.15, -0.1) is 0 Å². The predicted octanol–water partition coefficient (Wildman–Crippen LogP) is 5.27. The molecule has 1 atom stereocenters. The third-order valence-electron chi connectivity index (χ3n) is 5.98. The second-order valence-electron chi connectivity index (χ2n) is 8.16. The van der Waals surface area contributed by atoms with Crippen molar-refractivity contribution in [2.75, 3.05) is 6.54 Å². The van der Waals surface area contributed by atoms with Crippen LogP contribution in [0.3, 0.4) is 0 Å². The van der Waals surface area contributed by atoms with E-state index in [1.807, 2.05) is 54.6 Å². The summed E-state index contributed by atoms with van der Waals surface area (Å²) in [5.74, 6) is 0.153. The highest BCUT2D eigenvalue weighted by Gasteiger charge is 2.26. The Morgan fingerprint density at radius 1 is 1.00 bits per heavy atom. The Hall–Kier alpha value is -2.95. The summed E-state index contributed by atoms with van der Waals surface area (Å²) in [6, 6.07) is 17.0. The number of benzene rings is 2. The van der Waals surface area contributed by atoms with Crippen LogP contribution in [0, 0.1) is 5.92 Å². The highest BCUT2D eigenvalue weighted by atomic mass is 16.4. The molecule has 1 saturated carbocycles. The standard InChI is InChI=1S/C25H28N2O3/c28-23(17-18-9-3-1-4-10-18)26-16-15-20(19-11-5-2-6-12-19)24(29)25-27-21-13-7-8-14-22(21)30-25/h2,5-8,11-14,18,20H,1,3-4,9-10,15-17H2,(H,26,28). The summed E-state index contributed by atoms with van der Waals surface area (Å²) in [6.07, 6.45) is 7.15. The van der Waals surface area contributed by atoms with Crippen molar-refractivity contribution in [1.82, 2.24) is 10.3 Å². The van der Waals surface area contributed by atoms with Crippen LogP contribution in [-0.4, -0.2) is 23.2 Å². The SMILES string of the molecule is O=C(CC1CCCCC1)NCCC(C(=O)c1nc2ccccc2o1)c1ccccc1. The Kier molecular flexibility index (Phi) is 6.57. The Bertz CT molecular complexity index is 957. The van der Waals surface area contributed by atoms with Gasteiger partial charge in [0, 0.05) is 13.0 Å². The minimum Gasteiger partial charge on any atom is -0.434 e. The maximum atomic E-state index is 13.2. The van der Waals surface area contributed by atoms with E-state index in [-0.39, 0.29) is 17.6 Å². The summed E-state index contributed by atoms with van der Waals surface area (Å²) in [5.41, 5.74) is 2.19. The molecule has 0 radical (unpaired) electrons. The molecule has 156 valence electrons. The molecule has 1 heterocycles. The summed E-state index contributed by atoms with van der Waals surface area (Å²) < 4.78 is 5.71. The Balaban J connectivity index is 1.42. The van der Waals surface area contributed by atoms with E-state index in [9.17, 15) is 9.59 Å². The lowest BCUT2D eigenvalue weighted by molar-refractivity contribution is -0.122. The quantitative estimate of drug-likeness (QED) is 0.519. The van der Waals surface area contributed by atoms with Crippen LogP contribution in [0.5, 0.6) is 0 Å². The Morgan fingerprint density at radius 3 is 2.50 bits per heavy atom. The first-order chi connectivity index (χ1) is 14.7. The largest absolute Gasteiger partial charge is 0.434 e. The molecule has 0 spiro atoms. The molecule has 1 N–H and O–H groups in total. The van der Waals surface area contributed by atoms with Crippen LogP contribution in [0.2, 0.25) is 0 Å². The molecular formula is C25H28N2O3. The molecule has 2 aromatic carbocycles. The van der Waals surface area contributed by atoms with E-state index in [2.05, 4.69) is 10.3 Å². The molecule has 1 amide bonds. The highest BCUT2D eigenvalue weighted by Crippen LogP contribution is 2.27. The number of nitrogens with one attached hydrogen (secondary N) is 1. The van der Waals surface area contributed by atoms with E-state index in [4.69, 9.17) is 4.42 Å². The fourth-order valence-electron chi connectivity index (χ4n) is 4.34. The van der Waals surface area contributed by atoms with Crippen LogP contribution in [0.1, 0.15) is 67.1 Å². The van der Waals surface area contributed by atoms with Crippen molar-refractivity contribution in [2.24, 2.45) is 5.92 Å². The number of Topliss-reactive ketones (excluding diaryl/α,β-unsaturated/α-hetero) is 1. The number of rotatable bonds is 8. The van der Waals surface area contributed by atoms with Gasteiger partial charge in [-0.25, -0.2) is 4.98 Å². The first kappa shape index (κ1) is 20.3. The summed E-state index contributed by atoms with van der Waals surface area (Å²) in [4.78, 5) is 30.0. The van der Waals surface area contributed by atoms with Gasteiger partial charge < -0.3 is 9.73 Å². The number of oxazole rings is 1. The summed E-state index contributed by atoms with van der Waals surface area (Å²) in [7, 11) is 0. The molecule has 1 aliphatic carbocycles. The van der Waals surface area contributed by atoms with E-state index in [0.717, 1.165) is 18.4 Å². The molecule has 0 aliphatic heterocycles. The van der Waals surface area contributed by atoms with E-state index in [1.54, 1.807) is 0 Å². The van der Waals surface area contributed by atoms with Crippen molar-refractivity contribution in [3.05, 3.63) is 66.1 Å². The molecule has 0 bridgehead atoms. The van der Waals surface area contributed by atoms with E-state index in [0.29, 0.717) is 36.4 Å². The zero-order chi connectivity index (χ0) is 20.8. The van der Waals surface area contributed by atoms with Crippen molar-refractivity contribution in [3.8, 4) is 0 Å². The lowest BCUT2D eigenvalue weighted by Gasteiger charge is -2.21. The minimum absolute atomic E-state index is 0.0861. The van der Waals surface area contributed by atoms with Gasteiger partial charge in [-0.3, -0.25) is 9.59 Å². The van der Waals surface area contributed by atoms with Gasteiger partial charge in [-0.1, -0.05) is 61.7 Å². The predicted molar refractivity (Wildman–Crippen MR) is 116 cm³/mol. The number of carbonyl (C=O) groups is 2. The van der Waals surface area contributed by atoms with Crippen LogP contribution in [0.4, 0.5) is 0 Å². The Labute approximate surface area is 176 Å². The van der Waals surface area contributed by atoms with Crippen LogP contribution in [0.25, 0.3) is 11.1 Å². The van der Waals surface area contributed by atoms with Crippen molar-refractivity contribution in [3.63, 3.8) is 0 Å². The smallest absolute Gasteiger partial charge is 0.264 e. The third-order valence-corrected chi connectivity index (χ3v) is 5.98. The van der Waals surface area contributed by atoms with Gasteiger partial charge in [-0.2, -0.15) is 0 Å². The molecular weight excluding hydrogens is 376 g/mol. The number of aromatic nitrogens is 1. The average Bonchev–Trinajstić information content (AvgIpc) is 3.22. The van der Waals surface area contributed by atoms with E-state index < -0.39 is 5.92 Å². The molecule has 1 unspecified atom stereocenters. The van der Waals surface area contributed by atoms with E-state index in [1.165, 1.54) is 19.3 Å². The van der Waals surface area contributed by atoms with Crippen LogP contribution in [0.15, 0.2) is 59.0 Å². The number of carbonyl (C=O) groups excluding carboxylic acids is 2. The van der Waals surface area contributed by atoms with Gasteiger partial charge in [0.2, 0.25) is 11.7 Å². The number of amides is 1. The van der Waals surface area contributed by atoms with Crippen molar-refractivity contribution in [2.45, 2.75) is 50.9 Å². The molecule has 5 heteroatoms. The molecule has 0 saturated heterocycles. The highest BCUT2D eigenvalue weighted by molar-refractivity contribution is 5.99. The molecule has 1 fully saturated rings. The maximum Gasteiger partial charge on any atom is 0.264 e. The monoisotopic (exact) mass is 404 g/mol. The molecule has 30 heavy (non-hydrogen) atoms. The van der Waals surface area contributed by atoms with Gasteiger partial charge in [-0.05, 0) is 42.9 Å². The molecule has 3 aromatic rings. The van der Waals surface area contributed by atoms with Crippen LogP contribution < -0.4 is 5.32 Å². The molecule has 1 aromatic heterocycles. The second-order valence-corrected chi connectivity index (χ2v) is 8.16. The fraction of sp³-hybridized carbons (Fsp3) is 0.400. The average molecular weight is 405 g/mol. The minimum atomic E-state index is -0.408. The first-order valence-electron chi connectivity index (χ1n) is 10.9.